The Labute approximate surface area is 320 Å². The first kappa shape index (κ1) is 38.1. The molecule has 6 rings (SSSR count). The highest BCUT2D eigenvalue weighted by molar-refractivity contribution is 8.05. The van der Waals surface area contributed by atoms with Gasteiger partial charge in [0.05, 0.1) is 20.3 Å². The van der Waals surface area contributed by atoms with Crippen molar-refractivity contribution in [2.45, 2.75) is 117 Å². The molecule has 1 heterocycles. The molecule has 0 atom stereocenters. The Bertz CT molecular complexity index is 1870. The summed E-state index contributed by atoms with van der Waals surface area (Å²) in [5.74, 6) is 2.89. The number of benzene rings is 4. The normalized spacial score (nSPS) is 16.5. The van der Waals surface area contributed by atoms with E-state index in [1.165, 1.54) is 109 Å². The number of methoxy groups -OCH3 is 1. The molecule has 0 aromatic heterocycles. The number of carbonyl (C=O) groups is 1. The van der Waals surface area contributed by atoms with Crippen molar-refractivity contribution in [3.8, 4) is 33.8 Å². The van der Waals surface area contributed by atoms with Crippen LogP contribution in [0.25, 0.3) is 22.3 Å². The smallest absolute Gasteiger partial charge is 0.330 e. The lowest BCUT2D eigenvalue weighted by Gasteiger charge is -2.32. The SMILES string of the molecule is C=CC(=O)OCCCCCCOc1ccc(-c2cc(-c3ccc4c(c3)Sc3cc(C)cc(C)c3S4)c(C3CCC(CCC)CC3)c(OC)c2C)cc1. The molecular formula is C46H54O4S2. The lowest BCUT2D eigenvalue weighted by molar-refractivity contribution is -0.137. The molecule has 1 aliphatic carbocycles. The molecule has 4 aromatic rings. The second kappa shape index (κ2) is 17.9. The van der Waals surface area contributed by atoms with Crippen molar-refractivity contribution in [3.05, 3.63) is 95.6 Å². The fourth-order valence-electron chi connectivity index (χ4n) is 8.03. The third-order valence-corrected chi connectivity index (χ3v) is 13.4. The van der Waals surface area contributed by atoms with E-state index in [4.69, 9.17) is 14.2 Å². The van der Waals surface area contributed by atoms with Gasteiger partial charge in [0.25, 0.3) is 0 Å². The van der Waals surface area contributed by atoms with Gasteiger partial charge in [-0.3, -0.25) is 0 Å². The number of rotatable bonds is 15. The minimum Gasteiger partial charge on any atom is -0.496 e. The summed E-state index contributed by atoms with van der Waals surface area (Å²) in [6, 6.07) is 22.7. The molecule has 6 heteroatoms. The van der Waals surface area contributed by atoms with E-state index in [9.17, 15) is 4.79 Å². The molecular weight excluding hydrogens is 681 g/mol. The van der Waals surface area contributed by atoms with Gasteiger partial charge in [-0.05, 0) is 159 Å². The Morgan fingerprint density at radius 2 is 1.54 bits per heavy atom. The molecule has 2 aliphatic rings. The lowest BCUT2D eigenvalue weighted by Crippen LogP contribution is -2.15. The Balaban J connectivity index is 1.26. The first-order chi connectivity index (χ1) is 25.3. The predicted molar refractivity (Wildman–Crippen MR) is 217 cm³/mol. The van der Waals surface area contributed by atoms with Gasteiger partial charge in [0, 0.05) is 31.2 Å². The quantitative estimate of drug-likeness (QED) is 0.0606. The van der Waals surface area contributed by atoms with Gasteiger partial charge >= 0.3 is 5.97 Å². The van der Waals surface area contributed by atoms with Crippen molar-refractivity contribution in [1.29, 1.82) is 0 Å². The van der Waals surface area contributed by atoms with Crippen molar-refractivity contribution in [2.24, 2.45) is 5.92 Å². The number of ether oxygens (including phenoxy) is 3. The van der Waals surface area contributed by atoms with E-state index in [1.807, 2.05) is 30.6 Å². The number of aryl methyl sites for hydroxylation is 2. The summed E-state index contributed by atoms with van der Waals surface area (Å²) in [5.41, 5.74) is 10.2. The van der Waals surface area contributed by atoms with Crippen LogP contribution in [-0.2, 0) is 9.53 Å². The van der Waals surface area contributed by atoms with E-state index in [-0.39, 0.29) is 5.97 Å². The van der Waals surface area contributed by atoms with E-state index in [1.54, 1.807) is 0 Å². The van der Waals surface area contributed by atoms with Crippen LogP contribution in [0, 0.1) is 26.7 Å². The van der Waals surface area contributed by atoms with Crippen LogP contribution >= 0.6 is 23.5 Å². The van der Waals surface area contributed by atoms with Crippen LogP contribution in [0.5, 0.6) is 11.5 Å². The molecule has 0 amide bonds. The molecule has 4 nitrogen and oxygen atoms in total. The van der Waals surface area contributed by atoms with E-state index < -0.39 is 0 Å². The fourth-order valence-corrected chi connectivity index (χ4v) is 10.5. The zero-order valence-electron chi connectivity index (χ0n) is 31.6. The molecule has 274 valence electrons. The molecule has 1 saturated carbocycles. The molecule has 0 unspecified atom stereocenters. The van der Waals surface area contributed by atoms with Gasteiger partial charge in [0.15, 0.2) is 0 Å². The van der Waals surface area contributed by atoms with Crippen LogP contribution in [0.4, 0.5) is 0 Å². The number of unbranched alkanes of at least 4 members (excludes halogenated alkanes) is 3. The molecule has 1 fully saturated rings. The number of fused-ring (bicyclic) bond motifs is 2. The molecule has 0 bridgehead atoms. The molecule has 0 spiro atoms. The van der Waals surface area contributed by atoms with Crippen LogP contribution in [0.2, 0.25) is 0 Å². The van der Waals surface area contributed by atoms with Crippen LogP contribution in [0.15, 0.2) is 92.9 Å². The molecule has 0 radical (unpaired) electrons. The first-order valence-corrected chi connectivity index (χ1v) is 20.8. The minimum atomic E-state index is -0.356. The van der Waals surface area contributed by atoms with Crippen molar-refractivity contribution in [2.75, 3.05) is 20.3 Å². The van der Waals surface area contributed by atoms with Gasteiger partial charge in [-0.15, -0.1) is 0 Å². The Kier molecular flexibility index (Phi) is 13.2. The maximum absolute atomic E-state index is 11.2. The number of carbonyl (C=O) groups excluding carboxylic acids is 1. The largest absolute Gasteiger partial charge is 0.496 e. The Morgan fingerprint density at radius 3 is 2.25 bits per heavy atom. The Hall–Kier alpha value is -3.61. The van der Waals surface area contributed by atoms with Crippen molar-refractivity contribution >= 4 is 29.5 Å². The van der Waals surface area contributed by atoms with E-state index in [2.05, 4.69) is 94.9 Å². The van der Waals surface area contributed by atoms with Crippen LogP contribution in [0.3, 0.4) is 0 Å². The summed E-state index contributed by atoms with van der Waals surface area (Å²) in [5, 5.41) is 0. The third kappa shape index (κ3) is 8.94. The zero-order chi connectivity index (χ0) is 36.6. The van der Waals surface area contributed by atoms with Crippen LogP contribution in [-0.4, -0.2) is 26.3 Å². The van der Waals surface area contributed by atoms with Crippen molar-refractivity contribution in [1.82, 2.24) is 0 Å². The van der Waals surface area contributed by atoms with E-state index in [0.717, 1.165) is 43.1 Å². The molecule has 4 aromatic carbocycles. The first-order valence-electron chi connectivity index (χ1n) is 19.1. The number of hydrogen-bond acceptors (Lipinski definition) is 6. The zero-order valence-corrected chi connectivity index (χ0v) is 33.3. The number of esters is 1. The summed E-state index contributed by atoms with van der Waals surface area (Å²) in [6.45, 7) is 13.5. The second-order valence-electron chi connectivity index (χ2n) is 14.5. The highest BCUT2D eigenvalue weighted by Crippen LogP contribution is 2.53. The molecule has 0 saturated heterocycles. The third-order valence-electron chi connectivity index (χ3n) is 10.7. The monoisotopic (exact) mass is 734 g/mol. The number of hydrogen-bond donors (Lipinski definition) is 0. The predicted octanol–water partition coefficient (Wildman–Crippen LogP) is 13.3. The minimum absolute atomic E-state index is 0.356. The topological polar surface area (TPSA) is 44.8 Å². The summed E-state index contributed by atoms with van der Waals surface area (Å²) in [7, 11) is 1.85. The average molecular weight is 735 g/mol. The fraction of sp³-hybridized carbons (Fsp3) is 0.413. The standard InChI is InChI=1S/C46H54O4S2/c1-7-13-33-14-16-35(17-15-33)44-39(36-20-23-40-41(28-36)51-42-27-30(3)26-31(4)46(42)52-40)29-38(32(5)45(44)48-6)34-18-21-37(22-19-34)49-24-11-9-10-12-25-50-43(47)8-2/h8,18-23,26-29,33,35H,2,7,9-17,24-25H2,1,3-6H3. The lowest BCUT2D eigenvalue weighted by atomic mass is 9.74. The maximum atomic E-state index is 11.2. The van der Waals surface area contributed by atoms with Crippen LogP contribution in [0.1, 0.15) is 99.3 Å². The van der Waals surface area contributed by atoms with Gasteiger partial charge in [-0.2, -0.15) is 0 Å². The highest BCUT2D eigenvalue weighted by Gasteiger charge is 2.30. The summed E-state index contributed by atoms with van der Waals surface area (Å²) in [4.78, 5) is 16.6. The summed E-state index contributed by atoms with van der Waals surface area (Å²) in [6.07, 6.45) is 12.7. The molecule has 52 heavy (non-hydrogen) atoms. The van der Waals surface area contributed by atoms with Crippen molar-refractivity contribution in [3.63, 3.8) is 0 Å². The van der Waals surface area contributed by atoms with E-state index >= 15 is 0 Å². The second-order valence-corrected chi connectivity index (χ2v) is 16.6. The van der Waals surface area contributed by atoms with Gasteiger partial charge in [-0.1, -0.05) is 74.1 Å². The van der Waals surface area contributed by atoms with Crippen molar-refractivity contribution < 1.29 is 19.0 Å². The van der Waals surface area contributed by atoms with Gasteiger partial charge in [-0.25, -0.2) is 4.79 Å². The highest BCUT2D eigenvalue weighted by atomic mass is 32.2. The van der Waals surface area contributed by atoms with E-state index in [0.29, 0.717) is 19.1 Å². The maximum Gasteiger partial charge on any atom is 0.330 e. The van der Waals surface area contributed by atoms with Crippen LogP contribution < -0.4 is 9.47 Å². The Morgan fingerprint density at radius 1 is 0.808 bits per heavy atom. The van der Waals surface area contributed by atoms with Gasteiger partial charge in [0.2, 0.25) is 0 Å². The molecule has 1 aliphatic heterocycles. The van der Waals surface area contributed by atoms with Gasteiger partial charge in [0.1, 0.15) is 11.5 Å². The summed E-state index contributed by atoms with van der Waals surface area (Å²) < 4.78 is 17.6. The summed E-state index contributed by atoms with van der Waals surface area (Å²) >= 11 is 3.82. The molecule has 0 N–H and O–H groups in total. The van der Waals surface area contributed by atoms with Gasteiger partial charge < -0.3 is 14.2 Å². The average Bonchev–Trinajstić information content (AvgIpc) is 3.15.